The van der Waals surface area contributed by atoms with E-state index >= 15 is 0 Å². The van der Waals surface area contributed by atoms with Crippen LogP contribution in [0.1, 0.15) is 5.56 Å². The Hall–Kier alpha value is -0.843. The molecular formula is C7H3F4Si. The van der Waals surface area contributed by atoms with Gasteiger partial charge in [0.15, 0.2) is 0 Å². The monoisotopic (exact) mass is 191 g/mol. The van der Waals surface area contributed by atoms with Crippen LogP contribution < -0.4 is 5.19 Å². The Labute approximate surface area is 69.6 Å². The molecule has 0 nitrogen and oxygen atoms in total. The van der Waals surface area contributed by atoms with Crippen LogP contribution in [0.4, 0.5) is 17.6 Å². The fourth-order valence-corrected chi connectivity index (χ4v) is 0.970. The summed E-state index contributed by atoms with van der Waals surface area (Å²) in [7, 11) is 2.87. The molecular weight excluding hydrogens is 188 g/mol. The molecule has 0 atom stereocenters. The van der Waals surface area contributed by atoms with Crippen molar-refractivity contribution >= 4 is 15.4 Å². The first kappa shape index (κ1) is 9.25. The number of halogens is 4. The topological polar surface area (TPSA) is 0 Å². The third kappa shape index (κ3) is 1.85. The molecule has 0 heterocycles. The number of rotatable bonds is 0. The second-order valence-corrected chi connectivity index (χ2v) is 2.77. The third-order valence-electron chi connectivity index (χ3n) is 1.27. The van der Waals surface area contributed by atoms with Crippen LogP contribution in [0.2, 0.25) is 0 Å². The third-order valence-corrected chi connectivity index (χ3v) is 1.58. The van der Waals surface area contributed by atoms with Gasteiger partial charge in [0.1, 0.15) is 5.82 Å². The van der Waals surface area contributed by atoms with Gasteiger partial charge in [-0.2, -0.15) is 13.2 Å². The predicted octanol–water partition coefficient (Wildman–Crippen LogP) is 1.64. The summed E-state index contributed by atoms with van der Waals surface area (Å²) >= 11 is 0. The molecule has 5 heteroatoms. The lowest BCUT2D eigenvalue weighted by Crippen LogP contribution is -2.13. The first-order valence-electron chi connectivity index (χ1n) is 2.99. The van der Waals surface area contributed by atoms with Crippen LogP contribution in [0, 0.1) is 5.82 Å². The molecule has 0 saturated carbocycles. The van der Waals surface area contributed by atoms with Crippen LogP contribution in [0.5, 0.6) is 0 Å². The van der Waals surface area contributed by atoms with E-state index in [0.29, 0.717) is 6.07 Å². The second kappa shape index (κ2) is 2.89. The maximum absolute atomic E-state index is 12.5. The Balaban J connectivity index is 3.23. The quantitative estimate of drug-likeness (QED) is 0.432. The molecule has 0 unspecified atom stereocenters. The van der Waals surface area contributed by atoms with E-state index in [-0.39, 0.29) is 5.19 Å². The lowest BCUT2D eigenvalue weighted by Gasteiger charge is -2.07. The van der Waals surface area contributed by atoms with E-state index in [0.717, 1.165) is 6.07 Å². The molecule has 0 aliphatic rings. The molecule has 0 amide bonds. The Bertz CT molecular complexity index is 292. The van der Waals surface area contributed by atoms with E-state index in [1.807, 2.05) is 0 Å². The molecule has 0 aliphatic carbocycles. The van der Waals surface area contributed by atoms with Crippen molar-refractivity contribution in [3.05, 3.63) is 29.6 Å². The molecule has 1 rings (SSSR count). The smallest absolute Gasteiger partial charge is 0.206 e. The van der Waals surface area contributed by atoms with E-state index < -0.39 is 17.6 Å². The fourth-order valence-electron chi connectivity index (χ4n) is 0.743. The van der Waals surface area contributed by atoms with E-state index in [4.69, 9.17) is 0 Å². The Morgan fingerprint density at radius 3 is 2.17 bits per heavy atom. The number of alkyl halides is 3. The average Bonchev–Trinajstić information content (AvgIpc) is 1.92. The van der Waals surface area contributed by atoms with Crippen molar-refractivity contribution in [2.24, 2.45) is 0 Å². The normalized spacial score (nSPS) is 11.8. The van der Waals surface area contributed by atoms with Crippen LogP contribution in [0.15, 0.2) is 18.2 Å². The van der Waals surface area contributed by atoms with Crippen molar-refractivity contribution in [3.8, 4) is 0 Å². The first-order chi connectivity index (χ1) is 5.41. The molecule has 0 spiro atoms. The van der Waals surface area contributed by atoms with Gasteiger partial charge in [-0.3, -0.25) is 0 Å². The molecule has 1 aromatic rings. The zero-order valence-electron chi connectivity index (χ0n) is 5.74. The number of benzene rings is 1. The molecule has 0 fully saturated rings. The van der Waals surface area contributed by atoms with Crippen molar-refractivity contribution in [1.29, 1.82) is 0 Å². The van der Waals surface area contributed by atoms with Gasteiger partial charge in [0.25, 0.3) is 0 Å². The van der Waals surface area contributed by atoms with Crippen molar-refractivity contribution in [1.82, 2.24) is 0 Å². The molecule has 0 bridgehead atoms. The van der Waals surface area contributed by atoms with Crippen LogP contribution >= 0.6 is 0 Å². The number of hydrogen-bond acceptors (Lipinski definition) is 0. The maximum atomic E-state index is 12.5. The summed E-state index contributed by atoms with van der Waals surface area (Å²) in [6, 6.07) is 2.68. The highest BCUT2D eigenvalue weighted by Gasteiger charge is 2.33. The van der Waals surface area contributed by atoms with E-state index in [1.54, 1.807) is 0 Å². The zero-order valence-corrected chi connectivity index (χ0v) is 6.74. The minimum Gasteiger partial charge on any atom is -0.206 e. The van der Waals surface area contributed by atoms with Gasteiger partial charge in [-0.05, 0) is 12.1 Å². The zero-order chi connectivity index (χ0) is 9.35. The van der Waals surface area contributed by atoms with Crippen molar-refractivity contribution in [3.63, 3.8) is 0 Å². The van der Waals surface area contributed by atoms with Crippen molar-refractivity contribution in [2.75, 3.05) is 0 Å². The summed E-state index contributed by atoms with van der Waals surface area (Å²) in [5.74, 6) is -1.26. The van der Waals surface area contributed by atoms with E-state index in [1.165, 1.54) is 6.07 Å². The molecule has 1 aromatic carbocycles. The lowest BCUT2D eigenvalue weighted by atomic mass is 10.2. The summed E-state index contributed by atoms with van der Waals surface area (Å²) < 4.78 is 48.4. The van der Waals surface area contributed by atoms with Crippen LogP contribution in [-0.4, -0.2) is 10.2 Å². The number of hydrogen-bond donors (Lipinski definition) is 0. The highest BCUT2D eigenvalue weighted by Crippen LogP contribution is 2.30. The van der Waals surface area contributed by atoms with Crippen molar-refractivity contribution in [2.45, 2.75) is 6.18 Å². The first-order valence-corrected chi connectivity index (χ1v) is 3.49. The van der Waals surface area contributed by atoms with Gasteiger partial charge in [0, 0.05) is 0 Å². The summed E-state index contributed by atoms with van der Waals surface area (Å²) in [4.78, 5) is 0. The minimum atomic E-state index is -4.63. The average molecular weight is 191 g/mol. The molecule has 0 aromatic heterocycles. The summed E-state index contributed by atoms with van der Waals surface area (Å²) in [5.41, 5.74) is -1.25. The molecule has 3 radical (unpaired) electrons. The van der Waals surface area contributed by atoms with Gasteiger partial charge in [-0.25, -0.2) is 4.39 Å². The van der Waals surface area contributed by atoms with Gasteiger partial charge >= 0.3 is 6.18 Å². The van der Waals surface area contributed by atoms with E-state index in [2.05, 4.69) is 10.2 Å². The van der Waals surface area contributed by atoms with E-state index in [9.17, 15) is 17.6 Å². The second-order valence-electron chi connectivity index (χ2n) is 2.19. The van der Waals surface area contributed by atoms with Crippen LogP contribution in [-0.2, 0) is 6.18 Å². The largest absolute Gasteiger partial charge is 0.419 e. The summed E-state index contributed by atoms with van der Waals surface area (Å²) in [5, 5.41) is 0.198. The molecule has 0 saturated heterocycles. The van der Waals surface area contributed by atoms with Gasteiger partial charge in [-0.1, -0.05) is 11.3 Å². The molecule has 0 N–H and O–H groups in total. The minimum absolute atomic E-state index is 0.198. The molecule has 0 aliphatic heterocycles. The maximum Gasteiger partial charge on any atom is 0.419 e. The van der Waals surface area contributed by atoms with Crippen molar-refractivity contribution < 1.29 is 17.6 Å². The van der Waals surface area contributed by atoms with Gasteiger partial charge in [0.05, 0.1) is 15.8 Å². The lowest BCUT2D eigenvalue weighted by molar-refractivity contribution is -0.139. The highest BCUT2D eigenvalue weighted by molar-refractivity contribution is 6.32. The molecule has 63 valence electrons. The Morgan fingerprint density at radius 2 is 1.75 bits per heavy atom. The summed E-state index contributed by atoms with van der Waals surface area (Å²) in [6.45, 7) is 0. The molecule has 12 heavy (non-hydrogen) atoms. The van der Waals surface area contributed by atoms with Gasteiger partial charge in [-0.15, -0.1) is 0 Å². The predicted molar refractivity (Wildman–Crippen MR) is 36.8 cm³/mol. The van der Waals surface area contributed by atoms with Crippen LogP contribution in [0.25, 0.3) is 0 Å². The summed E-state index contributed by atoms with van der Waals surface area (Å²) in [6.07, 6.45) is -4.63. The van der Waals surface area contributed by atoms with Gasteiger partial charge < -0.3 is 0 Å². The SMILES string of the molecule is Fc1ccc([Si])cc1C(F)(F)F. The fraction of sp³-hybridized carbons (Fsp3) is 0.143. The van der Waals surface area contributed by atoms with Gasteiger partial charge in [0.2, 0.25) is 0 Å². The van der Waals surface area contributed by atoms with Crippen LogP contribution in [0.3, 0.4) is 0 Å². The Morgan fingerprint density at radius 1 is 1.17 bits per heavy atom. The standard InChI is InChI=1S/C7H3F4Si/c8-6-2-1-4(12)3-5(6)7(9,10)11/h1-3H. The highest BCUT2D eigenvalue weighted by atomic mass is 28.1. The Kier molecular flexibility index (Phi) is 2.23.